The Morgan fingerprint density at radius 1 is 1.05 bits per heavy atom. The summed E-state index contributed by atoms with van der Waals surface area (Å²) in [6.45, 7) is 10.2. The van der Waals surface area contributed by atoms with Gasteiger partial charge in [-0.25, -0.2) is 0 Å². The zero-order valence-corrected chi connectivity index (χ0v) is 13.8. The second kappa shape index (κ2) is 8.37. The summed E-state index contributed by atoms with van der Waals surface area (Å²) in [4.78, 5) is 25.4. The molecule has 1 rings (SSSR count). The van der Waals surface area contributed by atoms with Crippen LogP contribution in [-0.2, 0) is 9.59 Å². The van der Waals surface area contributed by atoms with Crippen LogP contribution in [-0.4, -0.2) is 47.1 Å². The highest BCUT2D eigenvalue weighted by molar-refractivity contribution is 5.79. The fourth-order valence-electron chi connectivity index (χ4n) is 3.17. The molecule has 0 atom stereocenters. The zero-order chi connectivity index (χ0) is 16.0. The Hall–Kier alpha value is -1.10. The number of carboxylic acids is 1. The smallest absolute Gasteiger partial charge is 0.306 e. The molecule has 21 heavy (non-hydrogen) atoms. The van der Waals surface area contributed by atoms with Crippen LogP contribution in [0.4, 0.5) is 0 Å². The van der Waals surface area contributed by atoms with Crippen molar-refractivity contribution >= 4 is 11.9 Å². The van der Waals surface area contributed by atoms with E-state index in [0.717, 1.165) is 6.54 Å². The van der Waals surface area contributed by atoms with Crippen molar-refractivity contribution in [3.05, 3.63) is 0 Å². The SMILES string of the molecule is CC(C)N(CCNC(=O)C1CCC(C(=O)O)CC1)C(C)C. The van der Waals surface area contributed by atoms with E-state index in [0.29, 0.717) is 44.3 Å². The third-order valence-electron chi connectivity index (χ3n) is 4.44. The van der Waals surface area contributed by atoms with Gasteiger partial charge in [0.2, 0.25) is 5.91 Å². The monoisotopic (exact) mass is 298 g/mol. The average molecular weight is 298 g/mol. The lowest BCUT2D eigenvalue weighted by Crippen LogP contribution is -2.44. The minimum Gasteiger partial charge on any atom is -0.481 e. The summed E-state index contributed by atoms with van der Waals surface area (Å²) in [5.74, 6) is -0.900. The number of aliphatic carboxylic acids is 1. The van der Waals surface area contributed by atoms with Crippen LogP contribution in [0.25, 0.3) is 0 Å². The summed E-state index contributed by atoms with van der Waals surface area (Å²) in [5.41, 5.74) is 0. The molecule has 0 heterocycles. The lowest BCUT2D eigenvalue weighted by molar-refractivity contribution is -0.144. The largest absolute Gasteiger partial charge is 0.481 e. The van der Waals surface area contributed by atoms with Crippen molar-refractivity contribution in [3.8, 4) is 0 Å². The van der Waals surface area contributed by atoms with Crippen LogP contribution >= 0.6 is 0 Å². The summed E-state index contributed by atoms with van der Waals surface area (Å²) >= 11 is 0. The third kappa shape index (κ3) is 5.65. The van der Waals surface area contributed by atoms with Gasteiger partial charge in [0.1, 0.15) is 0 Å². The van der Waals surface area contributed by atoms with Crippen molar-refractivity contribution in [1.82, 2.24) is 10.2 Å². The van der Waals surface area contributed by atoms with Crippen molar-refractivity contribution < 1.29 is 14.7 Å². The first-order chi connectivity index (χ1) is 9.82. The number of nitrogens with zero attached hydrogens (tertiary/aromatic N) is 1. The maximum Gasteiger partial charge on any atom is 0.306 e. The first-order valence-corrected chi connectivity index (χ1v) is 8.09. The first kappa shape index (κ1) is 18.0. The van der Waals surface area contributed by atoms with Gasteiger partial charge >= 0.3 is 5.97 Å². The Kier molecular flexibility index (Phi) is 7.15. The molecule has 1 aliphatic carbocycles. The lowest BCUT2D eigenvalue weighted by Gasteiger charge is -2.31. The van der Waals surface area contributed by atoms with Crippen molar-refractivity contribution in [2.24, 2.45) is 11.8 Å². The van der Waals surface area contributed by atoms with Crippen molar-refractivity contribution in [1.29, 1.82) is 0 Å². The molecule has 0 radical (unpaired) electrons. The van der Waals surface area contributed by atoms with Crippen LogP contribution in [0.5, 0.6) is 0 Å². The van der Waals surface area contributed by atoms with Gasteiger partial charge < -0.3 is 10.4 Å². The highest BCUT2D eigenvalue weighted by Gasteiger charge is 2.29. The van der Waals surface area contributed by atoms with Gasteiger partial charge in [0, 0.05) is 31.1 Å². The number of carbonyl (C=O) groups is 2. The van der Waals surface area contributed by atoms with Gasteiger partial charge in [-0.3, -0.25) is 14.5 Å². The van der Waals surface area contributed by atoms with Gasteiger partial charge in [0.05, 0.1) is 5.92 Å². The number of hydrogen-bond acceptors (Lipinski definition) is 3. The third-order valence-corrected chi connectivity index (χ3v) is 4.44. The molecule has 0 saturated heterocycles. The number of rotatable bonds is 7. The number of nitrogens with one attached hydrogen (secondary N) is 1. The summed E-state index contributed by atoms with van der Waals surface area (Å²) in [6.07, 6.45) is 2.64. The topological polar surface area (TPSA) is 69.6 Å². The molecule has 122 valence electrons. The van der Waals surface area contributed by atoms with E-state index in [1.165, 1.54) is 0 Å². The van der Waals surface area contributed by atoms with Crippen LogP contribution in [0.1, 0.15) is 53.4 Å². The van der Waals surface area contributed by atoms with Crippen molar-refractivity contribution in [2.45, 2.75) is 65.5 Å². The number of carbonyl (C=O) groups excluding carboxylic acids is 1. The molecule has 1 aliphatic rings. The molecule has 2 N–H and O–H groups in total. The van der Waals surface area contributed by atoms with E-state index in [-0.39, 0.29) is 17.7 Å². The number of amides is 1. The van der Waals surface area contributed by atoms with Crippen LogP contribution in [0.3, 0.4) is 0 Å². The molecule has 1 amide bonds. The molecular weight excluding hydrogens is 268 g/mol. The second-order valence-corrected chi connectivity index (χ2v) is 6.60. The van der Waals surface area contributed by atoms with E-state index < -0.39 is 5.97 Å². The highest BCUT2D eigenvalue weighted by Crippen LogP contribution is 2.28. The summed E-state index contributed by atoms with van der Waals surface area (Å²) in [7, 11) is 0. The molecule has 0 aromatic carbocycles. The van der Waals surface area contributed by atoms with E-state index in [1.807, 2.05) is 0 Å². The van der Waals surface area contributed by atoms with Gasteiger partial charge in [0.15, 0.2) is 0 Å². The Morgan fingerprint density at radius 3 is 1.95 bits per heavy atom. The summed E-state index contributed by atoms with van der Waals surface area (Å²) < 4.78 is 0. The minimum atomic E-state index is -0.724. The van der Waals surface area contributed by atoms with E-state index >= 15 is 0 Å². The van der Waals surface area contributed by atoms with Gasteiger partial charge in [-0.2, -0.15) is 0 Å². The molecule has 1 fully saturated rings. The van der Waals surface area contributed by atoms with Gasteiger partial charge in [-0.05, 0) is 53.4 Å². The fourth-order valence-corrected chi connectivity index (χ4v) is 3.17. The Balaban J connectivity index is 2.30. The Morgan fingerprint density at radius 2 is 1.52 bits per heavy atom. The molecular formula is C16H30N2O3. The predicted octanol–water partition coefficient (Wildman–Crippen LogP) is 2.11. The molecule has 0 bridgehead atoms. The van der Waals surface area contributed by atoms with Crippen molar-refractivity contribution in [3.63, 3.8) is 0 Å². The van der Waals surface area contributed by atoms with Gasteiger partial charge in [-0.15, -0.1) is 0 Å². The van der Waals surface area contributed by atoms with Gasteiger partial charge in [-0.1, -0.05) is 0 Å². The van der Waals surface area contributed by atoms with E-state index in [2.05, 4.69) is 37.9 Å². The van der Waals surface area contributed by atoms with E-state index in [4.69, 9.17) is 5.11 Å². The molecule has 5 heteroatoms. The summed E-state index contributed by atoms with van der Waals surface area (Å²) in [6, 6.07) is 0.931. The van der Waals surface area contributed by atoms with Crippen LogP contribution in [0, 0.1) is 11.8 Å². The Bertz CT molecular complexity index is 339. The minimum absolute atomic E-state index is 0.00727. The van der Waals surface area contributed by atoms with Crippen LogP contribution in [0.2, 0.25) is 0 Å². The van der Waals surface area contributed by atoms with Crippen LogP contribution < -0.4 is 5.32 Å². The molecule has 5 nitrogen and oxygen atoms in total. The number of carboxylic acid groups (broad SMARTS) is 1. The quantitative estimate of drug-likeness (QED) is 0.755. The Labute approximate surface area is 128 Å². The fraction of sp³-hybridized carbons (Fsp3) is 0.875. The molecule has 0 unspecified atom stereocenters. The molecule has 0 aromatic heterocycles. The summed E-state index contributed by atoms with van der Waals surface area (Å²) in [5, 5.41) is 12.0. The highest BCUT2D eigenvalue weighted by atomic mass is 16.4. The standard InChI is InChI=1S/C16H30N2O3/c1-11(2)18(12(3)4)10-9-17-15(19)13-5-7-14(8-6-13)16(20)21/h11-14H,5-10H2,1-4H3,(H,17,19)(H,20,21). The maximum atomic E-state index is 12.1. The average Bonchev–Trinajstić information content (AvgIpc) is 2.42. The van der Waals surface area contributed by atoms with Gasteiger partial charge in [0.25, 0.3) is 0 Å². The molecule has 1 saturated carbocycles. The normalized spacial score (nSPS) is 22.8. The molecule has 0 aromatic rings. The van der Waals surface area contributed by atoms with Crippen LogP contribution in [0.15, 0.2) is 0 Å². The van der Waals surface area contributed by atoms with E-state index in [9.17, 15) is 9.59 Å². The zero-order valence-electron chi connectivity index (χ0n) is 13.8. The maximum absolute atomic E-state index is 12.1. The van der Waals surface area contributed by atoms with Crippen molar-refractivity contribution in [2.75, 3.05) is 13.1 Å². The molecule has 0 aliphatic heterocycles. The first-order valence-electron chi connectivity index (χ1n) is 8.09. The second-order valence-electron chi connectivity index (χ2n) is 6.60. The van der Waals surface area contributed by atoms with E-state index in [1.54, 1.807) is 0 Å². The number of hydrogen-bond donors (Lipinski definition) is 2. The lowest BCUT2D eigenvalue weighted by atomic mass is 9.81. The molecule has 0 spiro atoms. The predicted molar refractivity (Wildman–Crippen MR) is 83.1 cm³/mol.